The second-order valence-corrected chi connectivity index (χ2v) is 4.21. The number of benzene rings is 1. The monoisotopic (exact) mass is 252 g/mol. The molecular weight excluding hydrogens is 240 g/mol. The number of carbonyl (C=O) groups is 1. The number of fused-ring (bicyclic) bond motifs is 1. The van der Waals surface area contributed by atoms with Crippen LogP contribution in [0.3, 0.4) is 0 Å². The van der Waals surface area contributed by atoms with Crippen LogP contribution in [0.25, 0.3) is 10.9 Å². The molecular formula is C15H12N2O2. The molecule has 2 heterocycles. The molecule has 0 saturated carbocycles. The lowest BCUT2D eigenvalue weighted by atomic mass is 10.1. The van der Waals surface area contributed by atoms with Gasteiger partial charge in [0.15, 0.2) is 5.76 Å². The maximum absolute atomic E-state index is 12.3. The summed E-state index contributed by atoms with van der Waals surface area (Å²) in [5, 5.41) is 1.00. The molecule has 0 spiro atoms. The van der Waals surface area contributed by atoms with Gasteiger partial charge in [-0.2, -0.15) is 0 Å². The van der Waals surface area contributed by atoms with Gasteiger partial charge in [0.25, 0.3) is 0 Å². The van der Waals surface area contributed by atoms with Gasteiger partial charge >= 0.3 is 0 Å². The predicted octanol–water partition coefficient (Wildman–Crippen LogP) is 2.52. The Morgan fingerprint density at radius 2 is 2.11 bits per heavy atom. The topological polar surface area (TPSA) is 69.1 Å². The van der Waals surface area contributed by atoms with Crippen molar-refractivity contribution in [1.82, 2.24) is 4.98 Å². The number of nitrogens with zero attached hydrogens (tertiary/aromatic N) is 1. The number of carbonyl (C=O) groups excluding carboxylic acids is 1. The Bertz CT molecular complexity index is 746. The van der Waals surface area contributed by atoms with Crippen LogP contribution in [0.15, 0.2) is 53.1 Å². The fourth-order valence-electron chi connectivity index (χ4n) is 1.96. The van der Waals surface area contributed by atoms with Crippen molar-refractivity contribution in [2.24, 2.45) is 5.73 Å². The van der Waals surface area contributed by atoms with E-state index in [4.69, 9.17) is 10.2 Å². The van der Waals surface area contributed by atoms with Gasteiger partial charge in [-0.3, -0.25) is 9.78 Å². The van der Waals surface area contributed by atoms with E-state index in [0.29, 0.717) is 17.1 Å². The van der Waals surface area contributed by atoms with E-state index in [1.807, 2.05) is 18.2 Å². The van der Waals surface area contributed by atoms with E-state index < -0.39 is 0 Å². The molecule has 0 bridgehead atoms. The summed E-state index contributed by atoms with van der Waals surface area (Å²) in [6.07, 6.45) is 1.70. The molecule has 0 aliphatic carbocycles. The first-order chi connectivity index (χ1) is 9.28. The average Bonchev–Trinajstić information content (AvgIpc) is 2.95. The van der Waals surface area contributed by atoms with Crippen molar-refractivity contribution in [1.29, 1.82) is 0 Å². The van der Waals surface area contributed by atoms with Crippen LogP contribution in [-0.2, 0) is 6.54 Å². The molecule has 3 aromatic rings. The first-order valence-corrected chi connectivity index (χ1v) is 5.96. The molecule has 4 heteroatoms. The minimum absolute atomic E-state index is 0.160. The molecule has 2 aromatic heterocycles. The highest BCUT2D eigenvalue weighted by molar-refractivity contribution is 6.08. The Kier molecular flexibility index (Phi) is 2.85. The van der Waals surface area contributed by atoms with Gasteiger partial charge in [0, 0.05) is 17.1 Å². The van der Waals surface area contributed by atoms with Crippen molar-refractivity contribution in [3.05, 3.63) is 65.7 Å². The second kappa shape index (κ2) is 4.66. The number of furan rings is 1. The molecule has 0 saturated heterocycles. The lowest BCUT2D eigenvalue weighted by Gasteiger charge is -2.00. The Morgan fingerprint density at radius 3 is 2.89 bits per heavy atom. The quantitative estimate of drug-likeness (QED) is 0.727. The lowest BCUT2D eigenvalue weighted by molar-refractivity contribution is 0.101. The second-order valence-electron chi connectivity index (χ2n) is 4.21. The molecule has 4 nitrogen and oxygen atoms in total. The van der Waals surface area contributed by atoms with E-state index in [0.717, 1.165) is 10.9 Å². The standard InChI is InChI=1S/C15H12N2O2/c16-9-12-5-6-14(19-12)15(18)11-4-3-10-2-1-7-17-13(10)8-11/h1-8H,9,16H2. The highest BCUT2D eigenvalue weighted by Crippen LogP contribution is 2.17. The fraction of sp³-hybridized carbons (Fsp3) is 0.0667. The normalized spacial score (nSPS) is 10.8. The Balaban J connectivity index is 2.01. The van der Waals surface area contributed by atoms with Gasteiger partial charge in [-0.1, -0.05) is 18.2 Å². The van der Waals surface area contributed by atoms with Crippen LogP contribution in [0.1, 0.15) is 21.9 Å². The molecule has 0 aliphatic heterocycles. The summed E-state index contributed by atoms with van der Waals surface area (Å²) in [5.74, 6) is 0.741. The molecule has 19 heavy (non-hydrogen) atoms. The number of ketones is 1. The fourth-order valence-corrected chi connectivity index (χ4v) is 1.96. The van der Waals surface area contributed by atoms with Gasteiger partial charge in [0.05, 0.1) is 12.1 Å². The number of pyridine rings is 1. The molecule has 1 aromatic carbocycles. The van der Waals surface area contributed by atoms with Crippen molar-refractivity contribution in [3.63, 3.8) is 0 Å². The van der Waals surface area contributed by atoms with Crippen molar-refractivity contribution in [3.8, 4) is 0 Å². The zero-order chi connectivity index (χ0) is 13.2. The molecule has 94 valence electrons. The Morgan fingerprint density at radius 1 is 1.21 bits per heavy atom. The first-order valence-electron chi connectivity index (χ1n) is 5.96. The van der Waals surface area contributed by atoms with Crippen molar-refractivity contribution in [2.75, 3.05) is 0 Å². The third-order valence-electron chi connectivity index (χ3n) is 2.95. The first kappa shape index (κ1) is 11.6. The third kappa shape index (κ3) is 2.13. The molecule has 3 rings (SSSR count). The van der Waals surface area contributed by atoms with E-state index in [1.54, 1.807) is 30.5 Å². The van der Waals surface area contributed by atoms with Crippen LogP contribution >= 0.6 is 0 Å². The van der Waals surface area contributed by atoms with E-state index in [2.05, 4.69) is 4.98 Å². The molecule has 2 N–H and O–H groups in total. The van der Waals surface area contributed by atoms with E-state index in [1.165, 1.54) is 0 Å². The molecule has 0 radical (unpaired) electrons. The van der Waals surface area contributed by atoms with Crippen LogP contribution in [0, 0.1) is 0 Å². The number of hydrogen-bond donors (Lipinski definition) is 1. The van der Waals surface area contributed by atoms with Gasteiger partial charge in [0.2, 0.25) is 5.78 Å². The predicted molar refractivity (Wildman–Crippen MR) is 71.8 cm³/mol. The van der Waals surface area contributed by atoms with E-state index >= 15 is 0 Å². The highest BCUT2D eigenvalue weighted by atomic mass is 16.3. The SMILES string of the molecule is NCc1ccc(C(=O)c2ccc3cccnc3c2)o1. The van der Waals surface area contributed by atoms with Crippen LogP contribution in [-0.4, -0.2) is 10.8 Å². The zero-order valence-electron chi connectivity index (χ0n) is 10.2. The van der Waals surface area contributed by atoms with E-state index in [-0.39, 0.29) is 12.3 Å². The lowest BCUT2D eigenvalue weighted by Crippen LogP contribution is -2.00. The smallest absolute Gasteiger partial charge is 0.228 e. The van der Waals surface area contributed by atoms with Crippen molar-refractivity contribution >= 4 is 16.7 Å². The van der Waals surface area contributed by atoms with Crippen LogP contribution < -0.4 is 5.73 Å². The zero-order valence-corrected chi connectivity index (χ0v) is 10.2. The number of rotatable bonds is 3. The maximum atomic E-state index is 12.3. The van der Waals surface area contributed by atoms with Gasteiger partial charge in [0.1, 0.15) is 5.76 Å². The summed E-state index contributed by atoms with van der Waals surface area (Å²) in [4.78, 5) is 16.5. The minimum atomic E-state index is -0.160. The Hall–Kier alpha value is -2.46. The minimum Gasteiger partial charge on any atom is -0.456 e. The molecule has 0 amide bonds. The molecule has 0 fully saturated rings. The summed E-state index contributed by atoms with van der Waals surface area (Å²) >= 11 is 0. The number of nitrogens with two attached hydrogens (primary N) is 1. The van der Waals surface area contributed by atoms with Crippen molar-refractivity contribution in [2.45, 2.75) is 6.54 Å². The number of hydrogen-bond acceptors (Lipinski definition) is 4. The van der Waals surface area contributed by atoms with Crippen LogP contribution in [0.5, 0.6) is 0 Å². The van der Waals surface area contributed by atoms with Gasteiger partial charge in [-0.25, -0.2) is 0 Å². The van der Waals surface area contributed by atoms with Gasteiger partial charge < -0.3 is 10.2 Å². The third-order valence-corrected chi connectivity index (χ3v) is 2.95. The number of aromatic nitrogens is 1. The van der Waals surface area contributed by atoms with Crippen LogP contribution in [0.4, 0.5) is 0 Å². The summed E-state index contributed by atoms with van der Waals surface area (Å²) < 4.78 is 5.37. The summed E-state index contributed by atoms with van der Waals surface area (Å²) in [5.41, 5.74) is 6.81. The summed E-state index contributed by atoms with van der Waals surface area (Å²) in [6, 6.07) is 12.6. The average molecular weight is 252 g/mol. The summed E-state index contributed by atoms with van der Waals surface area (Å²) in [6.45, 7) is 0.284. The largest absolute Gasteiger partial charge is 0.456 e. The van der Waals surface area contributed by atoms with Crippen molar-refractivity contribution < 1.29 is 9.21 Å². The summed E-state index contributed by atoms with van der Waals surface area (Å²) in [7, 11) is 0. The molecule has 0 atom stereocenters. The molecule has 0 aliphatic rings. The van der Waals surface area contributed by atoms with Gasteiger partial charge in [-0.05, 0) is 24.3 Å². The maximum Gasteiger partial charge on any atom is 0.228 e. The van der Waals surface area contributed by atoms with E-state index in [9.17, 15) is 4.79 Å². The Labute approximate surface area is 109 Å². The van der Waals surface area contributed by atoms with Crippen LogP contribution in [0.2, 0.25) is 0 Å². The highest BCUT2D eigenvalue weighted by Gasteiger charge is 2.13. The molecule has 0 unspecified atom stereocenters. The van der Waals surface area contributed by atoms with Gasteiger partial charge in [-0.15, -0.1) is 0 Å².